The molecule has 2 N–H and O–H groups in total. The highest BCUT2D eigenvalue weighted by Crippen LogP contribution is 2.23. The van der Waals surface area contributed by atoms with Gasteiger partial charge in [0.25, 0.3) is 0 Å². The zero-order valence-corrected chi connectivity index (χ0v) is 18.2. The van der Waals surface area contributed by atoms with Crippen LogP contribution in [0.25, 0.3) is 0 Å². The van der Waals surface area contributed by atoms with E-state index in [4.69, 9.17) is 5.73 Å². The molecule has 0 atom stereocenters. The standard InChI is InChI=1S/C21H28FN5O2S/c1-14(2)27(12-9-19(28)26-10-7-16(8-11-26)20(23)29)21-24-18(25-30-21)13-15-3-5-17(22)6-4-15/h3-6,14,16H,7-13H2,1-2H3,(H2,23,29). The predicted molar refractivity (Wildman–Crippen MR) is 115 cm³/mol. The number of hydrogen-bond acceptors (Lipinski definition) is 6. The monoisotopic (exact) mass is 433 g/mol. The van der Waals surface area contributed by atoms with Crippen molar-refractivity contribution in [2.24, 2.45) is 11.7 Å². The Morgan fingerprint density at radius 1 is 1.27 bits per heavy atom. The van der Waals surface area contributed by atoms with Crippen LogP contribution >= 0.6 is 11.5 Å². The predicted octanol–water partition coefficient (Wildman–Crippen LogP) is 2.60. The van der Waals surface area contributed by atoms with E-state index in [-0.39, 0.29) is 29.6 Å². The van der Waals surface area contributed by atoms with Crippen molar-refractivity contribution in [3.8, 4) is 0 Å². The summed E-state index contributed by atoms with van der Waals surface area (Å²) in [4.78, 5) is 32.5. The third-order valence-corrected chi connectivity index (χ3v) is 6.21. The fraction of sp³-hybridized carbons (Fsp3) is 0.524. The molecule has 7 nitrogen and oxygen atoms in total. The third-order valence-electron chi connectivity index (χ3n) is 5.42. The number of carbonyl (C=O) groups excluding carboxylic acids is 2. The first-order valence-corrected chi connectivity index (χ1v) is 11.0. The molecule has 162 valence electrons. The summed E-state index contributed by atoms with van der Waals surface area (Å²) in [5.74, 6) is 0.106. The quantitative estimate of drug-likeness (QED) is 0.691. The van der Waals surface area contributed by atoms with Crippen molar-refractivity contribution in [1.82, 2.24) is 14.3 Å². The smallest absolute Gasteiger partial charge is 0.224 e. The van der Waals surface area contributed by atoms with E-state index >= 15 is 0 Å². The Bertz CT molecular complexity index is 863. The Morgan fingerprint density at radius 2 is 1.93 bits per heavy atom. The molecule has 9 heteroatoms. The van der Waals surface area contributed by atoms with Crippen LogP contribution < -0.4 is 10.6 Å². The summed E-state index contributed by atoms with van der Waals surface area (Å²) >= 11 is 1.31. The van der Waals surface area contributed by atoms with Gasteiger partial charge in [-0.25, -0.2) is 9.37 Å². The summed E-state index contributed by atoms with van der Waals surface area (Å²) in [5.41, 5.74) is 6.31. The number of nitrogens with zero attached hydrogens (tertiary/aromatic N) is 4. The van der Waals surface area contributed by atoms with Crippen LogP contribution in [-0.2, 0) is 16.0 Å². The van der Waals surface area contributed by atoms with Gasteiger partial charge in [-0.3, -0.25) is 9.59 Å². The van der Waals surface area contributed by atoms with E-state index in [0.29, 0.717) is 51.1 Å². The Kier molecular flexibility index (Phi) is 7.36. The number of amides is 2. The van der Waals surface area contributed by atoms with Crippen molar-refractivity contribution < 1.29 is 14.0 Å². The summed E-state index contributed by atoms with van der Waals surface area (Å²) < 4.78 is 17.5. The lowest BCUT2D eigenvalue weighted by molar-refractivity contribution is -0.134. The molecule has 1 aliphatic heterocycles. The van der Waals surface area contributed by atoms with Gasteiger partial charge in [0.15, 0.2) is 0 Å². The fourth-order valence-corrected chi connectivity index (χ4v) is 4.43. The zero-order valence-electron chi connectivity index (χ0n) is 17.4. The van der Waals surface area contributed by atoms with Gasteiger partial charge in [0.05, 0.1) is 0 Å². The van der Waals surface area contributed by atoms with E-state index in [1.165, 1.54) is 23.7 Å². The van der Waals surface area contributed by atoms with Gasteiger partial charge in [0, 0.05) is 56.0 Å². The summed E-state index contributed by atoms with van der Waals surface area (Å²) in [7, 11) is 0. The fourth-order valence-electron chi connectivity index (χ4n) is 3.58. The Hall–Kier alpha value is -2.55. The van der Waals surface area contributed by atoms with Gasteiger partial charge >= 0.3 is 0 Å². The number of likely N-dealkylation sites (tertiary alicyclic amines) is 1. The van der Waals surface area contributed by atoms with Crippen LogP contribution in [-0.4, -0.2) is 51.7 Å². The van der Waals surface area contributed by atoms with Crippen molar-refractivity contribution >= 4 is 28.5 Å². The summed E-state index contributed by atoms with van der Waals surface area (Å²) in [6, 6.07) is 6.50. The molecule has 2 heterocycles. The summed E-state index contributed by atoms with van der Waals surface area (Å²) in [6.45, 7) is 5.83. The highest BCUT2D eigenvalue weighted by molar-refractivity contribution is 7.09. The Labute approximate surface area is 180 Å². The molecule has 1 aliphatic rings. The van der Waals surface area contributed by atoms with Crippen LogP contribution in [0, 0.1) is 11.7 Å². The molecule has 3 rings (SSSR count). The van der Waals surface area contributed by atoms with Crippen LogP contribution in [0.2, 0.25) is 0 Å². The molecule has 0 radical (unpaired) electrons. The molecule has 1 aromatic heterocycles. The molecule has 0 spiro atoms. The lowest BCUT2D eigenvalue weighted by Crippen LogP contribution is -2.43. The van der Waals surface area contributed by atoms with Crippen LogP contribution in [0.15, 0.2) is 24.3 Å². The Balaban J connectivity index is 1.56. The maximum Gasteiger partial charge on any atom is 0.224 e. The SMILES string of the molecule is CC(C)N(CCC(=O)N1CCC(C(N)=O)CC1)c1nc(Cc2ccc(F)cc2)ns1. The molecular formula is C21H28FN5O2S. The minimum absolute atomic E-state index is 0.0830. The van der Waals surface area contributed by atoms with Crippen molar-refractivity contribution in [3.05, 3.63) is 41.5 Å². The number of hydrogen-bond donors (Lipinski definition) is 1. The van der Waals surface area contributed by atoms with E-state index in [1.54, 1.807) is 12.1 Å². The normalized spacial score (nSPS) is 14.9. The average Bonchev–Trinajstić information content (AvgIpc) is 3.17. The summed E-state index contributed by atoms with van der Waals surface area (Å²) in [6.07, 6.45) is 2.19. The van der Waals surface area contributed by atoms with Crippen LogP contribution in [0.3, 0.4) is 0 Å². The number of halogens is 1. The molecular weight excluding hydrogens is 405 g/mol. The second-order valence-electron chi connectivity index (χ2n) is 7.89. The maximum atomic E-state index is 13.1. The Morgan fingerprint density at radius 3 is 2.53 bits per heavy atom. The van der Waals surface area contributed by atoms with Crippen molar-refractivity contribution in [3.63, 3.8) is 0 Å². The van der Waals surface area contributed by atoms with Gasteiger partial charge in [-0.2, -0.15) is 4.37 Å². The number of carbonyl (C=O) groups is 2. The second kappa shape index (κ2) is 9.97. The largest absolute Gasteiger partial charge is 0.369 e. The maximum absolute atomic E-state index is 13.1. The average molecular weight is 434 g/mol. The lowest BCUT2D eigenvalue weighted by atomic mass is 9.96. The van der Waals surface area contributed by atoms with Gasteiger partial charge in [0.1, 0.15) is 11.6 Å². The molecule has 1 saturated heterocycles. The number of anilines is 1. The number of piperidine rings is 1. The number of nitrogens with two attached hydrogens (primary N) is 1. The first kappa shape index (κ1) is 22.1. The molecule has 1 aromatic carbocycles. The topological polar surface area (TPSA) is 92.4 Å². The first-order valence-electron chi connectivity index (χ1n) is 10.2. The number of benzene rings is 1. The third kappa shape index (κ3) is 5.75. The molecule has 2 aromatic rings. The molecule has 0 bridgehead atoms. The van der Waals surface area contributed by atoms with Crippen molar-refractivity contribution in [2.75, 3.05) is 24.5 Å². The lowest BCUT2D eigenvalue weighted by Gasteiger charge is -2.32. The highest BCUT2D eigenvalue weighted by Gasteiger charge is 2.26. The van der Waals surface area contributed by atoms with Crippen molar-refractivity contribution in [1.29, 1.82) is 0 Å². The van der Waals surface area contributed by atoms with Crippen LogP contribution in [0.4, 0.5) is 9.52 Å². The van der Waals surface area contributed by atoms with E-state index in [2.05, 4.69) is 28.1 Å². The van der Waals surface area contributed by atoms with Gasteiger partial charge in [-0.1, -0.05) is 12.1 Å². The number of primary amides is 1. The van der Waals surface area contributed by atoms with E-state index in [0.717, 1.165) is 10.7 Å². The van der Waals surface area contributed by atoms with Gasteiger partial charge in [-0.15, -0.1) is 0 Å². The van der Waals surface area contributed by atoms with Gasteiger partial charge in [-0.05, 0) is 44.4 Å². The number of rotatable bonds is 8. The highest BCUT2D eigenvalue weighted by atomic mass is 32.1. The van der Waals surface area contributed by atoms with Crippen molar-refractivity contribution in [2.45, 2.75) is 45.6 Å². The van der Waals surface area contributed by atoms with Gasteiger partial charge in [0.2, 0.25) is 16.9 Å². The first-order chi connectivity index (χ1) is 14.3. The summed E-state index contributed by atoms with van der Waals surface area (Å²) in [5, 5.41) is 0.780. The molecule has 30 heavy (non-hydrogen) atoms. The minimum Gasteiger partial charge on any atom is -0.369 e. The second-order valence-corrected chi connectivity index (χ2v) is 8.62. The minimum atomic E-state index is -0.277. The van der Waals surface area contributed by atoms with Crippen LogP contribution in [0.5, 0.6) is 0 Å². The van der Waals surface area contributed by atoms with Crippen LogP contribution in [0.1, 0.15) is 44.5 Å². The molecule has 2 amide bonds. The molecule has 0 saturated carbocycles. The van der Waals surface area contributed by atoms with E-state index in [9.17, 15) is 14.0 Å². The zero-order chi connectivity index (χ0) is 21.7. The van der Waals surface area contributed by atoms with E-state index in [1.807, 2.05) is 4.90 Å². The molecule has 0 unspecified atom stereocenters. The molecule has 1 fully saturated rings. The van der Waals surface area contributed by atoms with Gasteiger partial charge < -0.3 is 15.5 Å². The number of aromatic nitrogens is 2. The van der Waals surface area contributed by atoms with E-state index < -0.39 is 0 Å². The molecule has 0 aliphatic carbocycles.